The minimum absolute atomic E-state index is 0.0906. The zero-order valence-corrected chi connectivity index (χ0v) is 11.3. The van der Waals surface area contributed by atoms with Crippen LogP contribution in [0.25, 0.3) is 0 Å². The highest BCUT2D eigenvalue weighted by atomic mass is 15.1. The lowest BCUT2D eigenvalue weighted by Crippen LogP contribution is -2.11. The Hall–Kier alpha value is -2.72. The number of benzene rings is 1. The second-order valence-electron chi connectivity index (χ2n) is 4.17. The molecule has 96 valence electrons. The first kappa shape index (κ1) is 14.3. The first-order valence-electron chi connectivity index (χ1n) is 5.80. The molecule has 0 atom stereocenters. The number of anilines is 1. The van der Waals surface area contributed by atoms with Crippen LogP contribution < -0.4 is 5.32 Å². The van der Waals surface area contributed by atoms with Gasteiger partial charge < -0.3 is 10.2 Å². The number of nitrogens with one attached hydrogen (secondary N) is 1. The SMILES string of the molecule is Cc1ccccc1NC=CC(=C(C#N)C#N)N(C)C. The van der Waals surface area contributed by atoms with Crippen LogP contribution in [0, 0.1) is 29.6 Å². The summed E-state index contributed by atoms with van der Waals surface area (Å²) in [7, 11) is 3.59. The lowest BCUT2D eigenvalue weighted by Gasteiger charge is -2.13. The Balaban J connectivity index is 2.92. The molecule has 0 fully saturated rings. The standard InChI is InChI=1S/C15H16N4/c1-12-6-4-5-7-14(12)18-9-8-15(19(2)3)13(10-16)11-17/h4-9,18H,1-3H3. The molecule has 1 aromatic carbocycles. The first-order chi connectivity index (χ1) is 9.10. The lowest BCUT2D eigenvalue weighted by atomic mass is 10.2. The fraction of sp³-hybridized carbons (Fsp3) is 0.200. The Morgan fingerprint density at radius 2 is 1.84 bits per heavy atom. The molecule has 0 saturated carbocycles. The molecule has 0 amide bonds. The Bertz CT molecular complexity index is 567. The molecule has 19 heavy (non-hydrogen) atoms. The summed E-state index contributed by atoms with van der Waals surface area (Å²) in [6, 6.07) is 11.7. The molecule has 0 aliphatic carbocycles. The third kappa shape index (κ3) is 3.90. The van der Waals surface area contributed by atoms with E-state index in [4.69, 9.17) is 10.5 Å². The van der Waals surface area contributed by atoms with Crippen LogP contribution in [0.15, 0.2) is 47.8 Å². The third-order valence-corrected chi connectivity index (χ3v) is 2.59. The second kappa shape index (κ2) is 6.88. The van der Waals surface area contributed by atoms with Crippen molar-refractivity contribution < 1.29 is 0 Å². The first-order valence-corrected chi connectivity index (χ1v) is 5.80. The van der Waals surface area contributed by atoms with E-state index in [1.807, 2.05) is 43.3 Å². The van der Waals surface area contributed by atoms with E-state index in [2.05, 4.69) is 5.32 Å². The Morgan fingerprint density at radius 1 is 1.21 bits per heavy atom. The minimum Gasteiger partial charge on any atom is -0.376 e. The molecule has 0 saturated heterocycles. The van der Waals surface area contributed by atoms with Gasteiger partial charge in [-0.05, 0) is 24.6 Å². The Kier molecular flexibility index (Phi) is 5.19. The maximum atomic E-state index is 8.89. The summed E-state index contributed by atoms with van der Waals surface area (Å²) < 4.78 is 0. The van der Waals surface area contributed by atoms with E-state index in [9.17, 15) is 0 Å². The molecule has 1 N–H and O–H groups in total. The van der Waals surface area contributed by atoms with Crippen LogP contribution in [0.4, 0.5) is 5.69 Å². The van der Waals surface area contributed by atoms with E-state index in [1.165, 1.54) is 0 Å². The van der Waals surface area contributed by atoms with Crippen molar-refractivity contribution in [3.63, 3.8) is 0 Å². The van der Waals surface area contributed by atoms with Gasteiger partial charge in [-0.1, -0.05) is 18.2 Å². The van der Waals surface area contributed by atoms with Crippen molar-refractivity contribution in [3.05, 3.63) is 53.4 Å². The van der Waals surface area contributed by atoms with Gasteiger partial charge in [-0.25, -0.2) is 0 Å². The number of aryl methyl sites for hydroxylation is 1. The van der Waals surface area contributed by atoms with Crippen LogP contribution in [0.2, 0.25) is 0 Å². The maximum Gasteiger partial charge on any atom is 0.152 e. The van der Waals surface area contributed by atoms with Gasteiger partial charge in [-0.3, -0.25) is 0 Å². The van der Waals surface area contributed by atoms with Gasteiger partial charge in [0, 0.05) is 26.0 Å². The summed E-state index contributed by atoms with van der Waals surface area (Å²) in [6.07, 6.45) is 3.44. The van der Waals surface area contributed by atoms with Gasteiger partial charge >= 0.3 is 0 Å². The van der Waals surface area contributed by atoms with Gasteiger partial charge in [0.25, 0.3) is 0 Å². The topological polar surface area (TPSA) is 62.9 Å². The normalized spacial score (nSPS) is 9.53. The number of rotatable bonds is 4. The zero-order chi connectivity index (χ0) is 14.3. The number of nitrogens with zero attached hydrogens (tertiary/aromatic N) is 3. The molecular weight excluding hydrogens is 236 g/mol. The fourth-order valence-corrected chi connectivity index (χ4v) is 1.54. The van der Waals surface area contributed by atoms with Gasteiger partial charge in [-0.2, -0.15) is 10.5 Å². The summed E-state index contributed by atoms with van der Waals surface area (Å²) in [6.45, 7) is 2.01. The van der Waals surface area contributed by atoms with E-state index >= 15 is 0 Å². The Labute approximate surface area is 113 Å². The van der Waals surface area contributed by atoms with Crippen molar-refractivity contribution in [1.29, 1.82) is 10.5 Å². The smallest absolute Gasteiger partial charge is 0.152 e. The second-order valence-corrected chi connectivity index (χ2v) is 4.17. The van der Waals surface area contributed by atoms with E-state index in [1.54, 1.807) is 31.3 Å². The van der Waals surface area contributed by atoms with Crippen LogP contribution >= 0.6 is 0 Å². The Morgan fingerprint density at radius 3 is 2.37 bits per heavy atom. The van der Waals surface area contributed by atoms with Crippen LogP contribution in [-0.2, 0) is 0 Å². The van der Waals surface area contributed by atoms with E-state index in [0.29, 0.717) is 5.70 Å². The van der Waals surface area contributed by atoms with Gasteiger partial charge in [-0.15, -0.1) is 0 Å². The molecule has 4 nitrogen and oxygen atoms in total. The van der Waals surface area contributed by atoms with E-state index in [-0.39, 0.29) is 5.57 Å². The molecule has 4 heteroatoms. The average molecular weight is 252 g/mol. The summed E-state index contributed by atoms with van der Waals surface area (Å²) in [5.41, 5.74) is 2.79. The summed E-state index contributed by atoms with van der Waals surface area (Å²) in [4.78, 5) is 1.73. The number of allylic oxidation sites excluding steroid dienone is 2. The number of nitriles is 2. The maximum absolute atomic E-state index is 8.89. The molecular formula is C15H16N4. The van der Waals surface area contributed by atoms with Crippen molar-refractivity contribution >= 4 is 5.69 Å². The summed E-state index contributed by atoms with van der Waals surface area (Å²) >= 11 is 0. The predicted molar refractivity (Wildman–Crippen MR) is 75.9 cm³/mol. The highest BCUT2D eigenvalue weighted by molar-refractivity contribution is 5.53. The molecule has 0 aliphatic heterocycles. The molecule has 0 spiro atoms. The molecule has 1 rings (SSSR count). The molecule has 0 radical (unpaired) electrons. The van der Waals surface area contributed by atoms with Gasteiger partial charge in [0.2, 0.25) is 0 Å². The predicted octanol–water partition coefficient (Wildman–Crippen LogP) is 2.78. The highest BCUT2D eigenvalue weighted by Crippen LogP contribution is 2.14. The number of para-hydroxylation sites is 1. The molecule has 0 aliphatic rings. The van der Waals surface area contributed by atoms with Crippen molar-refractivity contribution in [2.75, 3.05) is 19.4 Å². The monoisotopic (exact) mass is 252 g/mol. The van der Waals surface area contributed by atoms with Crippen molar-refractivity contribution in [1.82, 2.24) is 4.90 Å². The van der Waals surface area contributed by atoms with Crippen LogP contribution in [0.1, 0.15) is 5.56 Å². The number of likely N-dealkylation sites (N-methyl/N-ethyl adjacent to an activating group) is 1. The van der Waals surface area contributed by atoms with Crippen molar-refractivity contribution in [2.24, 2.45) is 0 Å². The summed E-state index contributed by atoms with van der Waals surface area (Å²) in [5.74, 6) is 0. The van der Waals surface area contributed by atoms with Crippen molar-refractivity contribution in [2.45, 2.75) is 6.92 Å². The van der Waals surface area contributed by atoms with Gasteiger partial charge in [0.1, 0.15) is 12.1 Å². The quantitative estimate of drug-likeness (QED) is 0.661. The highest BCUT2D eigenvalue weighted by Gasteiger charge is 2.04. The molecule has 0 unspecified atom stereocenters. The molecule has 1 aromatic rings. The van der Waals surface area contributed by atoms with Gasteiger partial charge in [0.05, 0.1) is 5.70 Å². The minimum atomic E-state index is 0.0906. The zero-order valence-electron chi connectivity index (χ0n) is 11.3. The largest absolute Gasteiger partial charge is 0.376 e. The number of hydrogen-bond donors (Lipinski definition) is 1. The fourth-order valence-electron chi connectivity index (χ4n) is 1.54. The summed E-state index contributed by atoms with van der Waals surface area (Å²) in [5, 5.41) is 20.9. The van der Waals surface area contributed by atoms with Gasteiger partial charge in [0.15, 0.2) is 5.57 Å². The molecule has 0 aromatic heterocycles. The van der Waals surface area contributed by atoms with Crippen LogP contribution in [-0.4, -0.2) is 19.0 Å². The molecule has 0 heterocycles. The number of hydrogen-bond acceptors (Lipinski definition) is 4. The molecule has 0 bridgehead atoms. The van der Waals surface area contributed by atoms with Crippen LogP contribution in [0.5, 0.6) is 0 Å². The van der Waals surface area contributed by atoms with E-state index in [0.717, 1.165) is 11.3 Å². The van der Waals surface area contributed by atoms with E-state index < -0.39 is 0 Å². The van der Waals surface area contributed by atoms with Crippen molar-refractivity contribution in [3.8, 4) is 12.1 Å². The van der Waals surface area contributed by atoms with Crippen LogP contribution in [0.3, 0.4) is 0 Å². The third-order valence-electron chi connectivity index (χ3n) is 2.59. The average Bonchev–Trinajstić information content (AvgIpc) is 2.40. The lowest BCUT2D eigenvalue weighted by molar-refractivity contribution is 0.527.